The van der Waals surface area contributed by atoms with Gasteiger partial charge < -0.3 is 4.57 Å². The fourth-order valence-corrected chi connectivity index (χ4v) is 4.99. The Kier molecular flexibility index (Phi) is 6.35. The second-order valence-electron chi connectivity index (χ2n) is 4.13. The van der Waals surface area contributed by atoms with Crippen molar-refractivity contribution in [2.75, 3.05) is 6.26 Å². The highest BCUT2D eigenvalue weighted by Crippen LogP contribution is 2.48. The number of aromatic nitrogens is 1. The molecule has 0 aliphatic heterocycles. The maximum atomic E-state index is 13.6. The molecule has 0 unspecified atom stereocenters. The van der Waals surface area contributed by atoms with Crippen molar-refractivity contribution >= 4 is 81.5 Å². The largest absolute Gasteiger partial charge is 0.309 e. The van der Waals surface area contributed by atoms with Gasteiger partial charge in [-0.2, -0.15) is 9.65 Å². The Morgan fingerprint density at radius 1 is 1.22 bits per heavy atom. The zero-order valence-electron chi connectivity index (χ0n) is 11.2. The first-order valence-corrected chi connectivity index (χ1v) is 9.71. The van der Waals surface area contributed by atoms with E-state index in [9.17, 15) is 9.65 Å². The molecule has 0 spiro atoms. The Morgan fingerprint density at radius 3 is 2.22 bits per heavy atom. The molecule has 1 aromatic carbocycles. The van der Waals surface area contributed by atoms with Gasteiger partial charge in [0, 0.05) is 11.2 Å². The third kappa shape index (κ3) is 4.38. The van der Waals surface area contributed by atoms with E-state index in [-0.39, 0.29) is 15.6 Å². The third-order valence-electron chi connectivity index (χ3n) is 2.67. The van der Waals surface area contributed by atoms with Gasteiger partial charge in [-0.05, 0) is 30.2 Å². The van der Waals surface area contributed by atoms with Crippen LogP contribution in [0.4, 0.5) is 4.39 Å². The van der Waals surface area contributed by atoms with Gasteiger partial charge in [0.25, 0.3) is 0 Å². The molecule has 10 heteroatoms. The second kappa shape index (κ2) is 7.53. The van der Waals surface area contributed by atoms with Crippen LogP contribution in [0, 0.1) is 11.3 Å². The number of alkyl halides is 3. The Balaban J connectivity index is 2.73. The fourth-order valence-electron chi connectivity index (χ4n) is 1.89. The van der Waals surface area contributed by atoms with E-state index < -0.39 is 3.92 Å². The summed E-state index contributed by atoms with van der Waals surface area (Å²) < 4.78 is 12.6. The van der Waals surface area contributed by atoms with Crippen LogP contribution in [0.3, 0.4) is 0 Å². The Labute approximate surface area is 165 Å². The molecule has 0 N–H and O–H groups in total. The molecule has 1 heterocycles. The molecule has 23 heavy (non-hydrogen) atoms. The summed E-state index contributed by atoms with van der Waals surface area (Å²) in [6.45, 7) is 0. The standard InChI is InChI=1S/C13H6Cl5FN2S2/c1-22-12-11(23-13(17,18)19)6(4-20)5-21(12)10-8(15)2-7(14)3-9(10)16/h2-3,5H,1H3. The number of hydrogen-bond acceptors (Lipinski definition) is 3. The third-order valence-corrected chi connectivity index (χ3v) is 5.69. The van der Waals surface area contributed by atoms with Gasteiger partial charge in [-0.15, -0.1) is 11.8 Å². The van der Waals surface area contributed by atoms with Gasteiger partial charge in [0.05, 0.1) is 31.2 Å². The van der Waals surface area contributed by atoms with E-state index in [1.165, 1.54) is 30.1 Å². The molecule has 2 aromatic rings. The molecule has 0 amide bonds. The number of hydrogen-bond donors (Lipinski definition) is 0. The van der Waals surface area contributed by atoms with Crippen LogP contribution in [0.15, 0.2) is 28.3 Å². The number of rotatable bonds is 4. The molecular formula is C13H6Cl5FN2S2. The van der Waals surface area contributed by atoms with Crippen LogP contribution in [-0.2, 0) is 0 Å². The lowest BCUT2D eigenvalue weighted by atomic mass is 10.3. The first-order valence-electron chi connectivity index (χ1n) is 5.78. The first kappa shape index (κ1) is 19.4. The highest BCUT2D eigenvalue weighted by molar-refractivity contribution is 8.04. The monoisotopic (exact) mass is 448 g/mol. The number of nitrogens with zero attached hydrogens (tertiary/aromatic N) is 2. The van der Waals surface area contributed by atoms with E-state index in [1.807, 2.05) is 6.07 Å². The van der Waals surface area contributed by atoms with Crippen molar-refractivity contribution in [3.05, 3.63) is 39.0 Å². The van der Waals surface area contributed by atoms with E-state index in [1.54, 1.807) is 10.8 Å². The van der Waals surface area contributed by atoms with Crippen molar-refractivity contribution in [3.63, 3.8) is 0 Å². The van der Waals surface area contributed by atoms with Crippen molar-refractivity contribution in [1.29, 1.82) is 5.26 Å². The molecule has 122 valence electrons. The molecule has 0 bridgehead atoms. The van der Waals surface area contributed by atoms with Crippen molar-refractivity contribution in [3.8, 4) is 11.8 Å². The lowest BCUT2D eigenvalue weighted by Gasteiger charge is -2.14. The number of benzene rings is 1. The van der Waals surface area contributed by atoms with Crippen LogP contribution in [-0.4, -0.2) is 14.7 Å². The minimum absolute atomic E-state index is 0.199. The maximum Gasteiger partial charge on any atom is 0.309 e. The van der Waals surface area contributed by atoms with E-state index >= 15 is 0 Å². The molecule has 0 fully saturated rings. The van der Waals surface area contributed by atoms with Gasteiger partial charge in [0.2, 0.25) is 0 Å². The molecule has 0 atom stereocenters. The van der Waals surface area contributed by atoms with Gasteiger partial charge >= 0.3 is 3.92 Å². The van der Waals surface area contributed by atoms with Crippen molar-refractivity contribution in [1.82, 2.24) is 4.57 Å². The van der Waals surface area contributed by atoms with E-state index in [2.05, 4.69) is 0 Å². The van der Waals surface area contributed by atoms with Crippen LogP contribution in [0.5, 0.6) is 0 Å². The molecule has 0 aliphatic carbocycles. The maximum absolute atomic E-state index is 13.6. The highest BCUT2D eigenvalue weighted by atomic mass is 35.5. The molecule has 0 saturated heterocycles. The topological polar surface area (TPSA) is 28.7 Å². The van der Waals surface area contributed by atoms with Crippen LogP contribution in [0.2, 0.25) is 15.1 Å². The van der Waals surface area contributed by atoms with Crippen LogP contribution in [0.25, 0.3) is 5.69 Å². The number of thioether (sulfide) groups is 2. The summed E-state index contributed by atoms with van der Waals surface area (Å²) >= 11 is 31.0. The quantitative estimate of drug-likeness (QED) is 0.365. The van der Waals surface area contributed by atoms with Crippen molar-refractivity contribution < 1.29 is 4.39 Å². The predicted octanol–water partition coefficient (Wildman–Crippen LogP) is 7.18. The molecule has 0 radical (unpaired) electrons. The molecule has 2 nitrogen and oxygen atoms in total. The average Bonchev–Trinajstić information content (AvgIpc) is 2.73. The number of nitriles is 1. The van der Waals surface area contributed by atoms with Gasteiger partial charge in [-0.25, -0.2) is 0 Å². The van der Waals surface area contributed by atoms with Gasteiger partial charge in [0.15, 0.2) is 0 Å². The zero-order valence-corrected chi connectivity index (χ0v) is 16.6. The summed E-state index contributed by atoms with van der Waals surface area (Å²) in [6.07, 6.45) is 3.26. The summed E-state index contributed by atoms with van der Waals surface area (Å²) in [4.78, 5) is 0.301. The smallest absolute Gasteiger partial charge is 0.306 e. The van der Waals surface area contributed by atoms with Crippen LogP contribution in [0.1, 0.15) is 5.56 Å². The van der Waals surface area contributed by atoms with Gasteiger partial charge in [0.1, 0.15) is 6.07 Å². The number of halogens is 6. The lowest BCUT2D eigenvalue weighted by molar-refractivity contribution is 0.515. The van der Waals surface area contributed by atoms with Crippen LogP contribution >= 0.6 is 81.5 Å². The first-order chi connectivity index (χ1) is 10.7. The highest BCUT2D eigenvalue weighted by Gasteiger charge is 2.30. The van der Waals surface area contributed by atoms with Crippen LogP contribution < -0.4 is 0 Å². The SMILES string of the molecule is CSc1c(SC(F)(Cl)Cl)c(C#N)cn1-c1c(Cl)cc(Cl)cc1Cl. The summed E-state index contributed by atoms with van der Waals surface area (Å²) in [5.41, 5.74) is 0.629. The summed E-state index contributed by atoms with van der Waals surface area (Å²) in [7, 11) is 0. The molecule has 0 saturated carbocycles. The minimum atomic E-state index is -2.57. The van der Waals surface area contributed by atoms with E-state index in [4.69, 9.17) is 58.0 Å². The minimum Gasteiger partial charge on any atom is -0.306 e. The summed E-state index contributed by atoms with van der Waals surface area (Å²) in [5, 5.41) is 10.8. The Bertz CT molecular complexity index is 772. The summed E-state index contributed by atoms with van der Waals surface area (Å²) in [5.74, 6) is 0. The normalized spacial score (nSPS) is 11.6. The molecule has 2 rings (SSSR count). The Morgan fingerprint density at radius 2 is 1.78 bits per heavy atom. The predicted molar refractivity (Wildman–Crippen MR) is 98.7 cm³/mol. The van der Waals surface area contributed by atoms with Crippen molar-refractivity contribution in [2.24, 2.45) is 0 Å². The average molecular weight is 451 g/mol. The molecule has 1 aromatic heterocycles. The fraction of sp³-hybridized carbons (Fsp3) is 0.154. The van der Waals surface area contributed by atoms with E-state index in [0.29, 0.717) is 32.4 Å². The lowest BCUT2D eigenvalue weighted by Crippen LogP contribution is -1.99. The second-order valence-corrected chi connectivity index (χ2v) is 9.03. The molecular weight excluding hydrogens is 445 g/mol. The van der Waals surface area contributed by atoms with Gasteiger partial charge in [-0.1, -0.05) is 58.0 Å². The summed E-state index contributed by atoms with van der Waals surface area (Å²) in [6, 6.07) is 5.03. The zero-order chi connectivity index (χ0) is 17.4. The van der Waals surface area contributed by atoms with Crippen molar-refractivity contribution in [2.45, 2.75) is 13.8 Å². The van der Waals surface area contributed by atoms with Gasteiger partial charge in [-0.3, -0.25) is 0 Å². The Hall–Kier alpha value is 0.0700. The molecule has 0 aliphatic rings. The van der Waals surface area contributed by atoms with E-state index in [0.717, 1.165) is 0 Å².